The number of hydrazine groups is 1. The molecule has 1 fully saturated rings. The number of rotatable bonds is 4. The minimum Gasteiger partial charge on any atom is -0.366 e. The molecule has 0 bridgehead atoms. The smallest absolute Gasteiger partial charge is 0.366 e. The molecule has 3 atom stereocenters. The van der Waals surface area contributed by atoms with Gasteiger partial charge in [0.05, 0.1) is 22.4 Å². The molecule has 182 valence electrons. The van der Waals surface area contributed by atoms with Crippen molar-refractivity contribution in [1.29, 1.82) is 5.26 Å². The molecule has 4 rings (SSSR count). The number of carbonyl (C=O) groups is 2. The SMILES string of the molecule is CC1=C(C(=O)NS(=O)(=O)c2cccc(C#N)c2)C(=O)N2NC(C(F)(F)F)C(c3ccccc3)C2N1. The Morgan fingerprint density at radius 3 is 2.46 bits per heavy atom. The molecule has 3 N–H and O–H groups in total. The van der Waals surface area contributed by atoms with Gasteiger partial charge in [-0.05, 0) is 30.7 Å². The Morgan fingerprint density at radius 2 is 1.83 bits per heavy atom. The second kappa shape index (κ2) is 8.71. The second-order valence-electron chi connectivity index (χ2n) is 7.92. The Bertz CT molecular complexity index is 1370. The van der Waals surface area contributed by atoms with Crippen LogP contribution in [0.1, 0.15) is 24.0 Å². The molecule has 2 amide bonds. The Kier molecular flexibility index (Phi) is 6.04. The maximum atomic E-state index is 13.9. The first-order valence-corrected chi connectivity index (χ1v) is 11.7. The van der Waals surface area contributed by atoms with Crippen LogP contribution in [0.5, 0.6) is 0 Å². The molecule has 35 heavy (non-hydrogen) atoms. The van der Waals surface area contributed by atoms with Gasteiger partial charge in [-0.2, -0.15) is 18.4 Å². The summed E-state index contributed by atoms with van der Waals surface area (Å²) >= 11 is 0. The highest BCUT2D eigenvalue weighted by atomic mass is 32.2. The molecule has 0 radical (unpaired) electrons. The van der Waals surface area contributed by atoms with Crippen LogP contribution in [0.25, 0.3) is 0 Å². The summed E-state index contributed by atoms with van der Waals surface area (Å²) in [5.74, 6) is -3.68. The van der Waals surface area contributed by atoms with Crippen LogP contribution in [0, 0.1) is 11.3 Å². The summed E-state index contributed by atoms with van der Waals surface area (Å²) in [7, 11) is -4.48. The van der Waals surface area contributed by atoms with Crippen LogP contribution >= 0.6 is 0 Å². The Morgan fingerprint density at radius 1 is 1.14 bits per heavy atom. The lowest BCUT2D eigenvalue weighted by Gasteiger charge is -2.34. The van der Waals surface area contributed by atoms with Gasteiger partial charge in [-0.15, -0.1) is 0 Å². The molecule has 0 aliphatic carbocycles. The highest BCUT2D eigenvalue weighted by Crippen LogP contribution is 2.41. The lowest BCUT2D eigenvalue weighted by molar-refractivity contribution is -0.161. The van der Waals surface area contributed by atoms with E-state index in [1.54, 1.807) is 29.0 Å². The van der Waals surface area contributed by atoms with Crippen molar-refractivity contribution in [1.82, 2.24) is 20.5 Å². The highest BCUT2D eigenvalue weighted by molar-refractivity contribution is 7.90. The number of hydrogen-bond donors (Lipinski definition) is 3. The van der Waals surface area contributed by atoms with Crippen LogP contribution in [0.2, 0.25) is 0 Å². The maximum absolute atomic E-state index is 13.9. The van der Waals surface area contributed by atoms with E-state index < -0.39 is 56.6 Å². The molecule has 13 heteroatoms. The predicted octanol–water partition coefficient (Wildman–Crippen LogP) is 1.63. The number of carbonyl (C=O) groups excluding carboxylic acids is 2. The Hall–Kier alpha value is -3.89. The number of nitriles is 1. The lowest BCUT2D eigenvalue weighted by Crippen LogP contribution is -2.57. The lowest BCUT2D eigenvalue weighted by atomic mass is 9.89. The van der Waals surface area contributed by atoms with Crippen molar-refractivity contribution in [2.75, 3.05) is 0 Å². The molecule has 0 spiro atoms. The van der Waals surface area contributed by atoms with Crippen LogP contribution in [-0.2, 0) is 19.6 Å². The van der Waals surface area contributed by atoms with Gasteiger partial charge in [-0.3, -0.25) is 9.59 Å². The second-order valence-corrected chi connectivity index (χ2v) is 9.61. The molecule has 2 heterocycles. The zero-order valence-electron chi connectivity index (χ0n) is 18.0. The molecule has 0 aromatic heterocycles. The van der Waals surface area contributed by atoms with Crippen LogP contribution in [0.15, 0.2) is 70.8 Å². The zero-order valence-corrected chi connectivity index (χ0v) is 18.8. The molecule has 2 aliphatic rings. The van der Waals surface area contributed by atoms with Crippen molar-refractivity contribution in [2.45, 2.75) is 36.1 Å². The fourth-order valence-electron chi connectivity index (χ4n) is 4.13. The van der Waals surface area contributed by atoms with Gasteiger partial charge in [-0.25, -0.2) is 23.6 Å². The van der Waals surface area contributed by atoms with E-state index in [1.165, 1.54) is 31.2 Å². The standard InChI is InChI=1S/C22H18F3N5O4S/c1-12-16(20(31)29-35(33,34)15-9-5-6-13(10-15)11-26)21(32)30-19(27-12)17(14-7-3-2-4-8-14)18(28-30)22(23,24)25/h2-10,17-19,27-28H,1H3,(H,29,31). The van der Waals surface area contributed by atoms with E-state index in [1.807, 2.05) is 0 Å². The van der Waals surface area contributed by atoms with E-state index in [0.29, 0.717) is 10.6 Å². The van der Waals surface area contributed by atoms with Gasteiger partial charge in [0.15, 0.2) is 0 Å². The molecule has 3 unspecified atom stereocenters. The summed E-state index contributed by atoms with van der Waals surface area (Å²) in [4.78, 5) is 25.6. The number of nitrogens with zero attached hydrogens (tertiary/aromatic N) is 2. The summed E-state index contributed by atoms with van der Waals surface area (Å²) in [5, 5.41) is 12.4. The van der Waals surface area contributed by atoms with Crippen LogP contribution in [-0.4, -0.2) is 43.6 Å². The fourth-order valence-corrected chi connectivity index (χ4v) is 5.13. The van der Waals surface area contributed by atoms with Crippen molar-refractivity contribution >= 4 is 21.8 Å². The number of alkyl halides is 3. The molecule has 0 saturated carbocycles. The predicted molar refractivity (Wildman–Crippen MR) is 115 cm³/mol. The normalized spacial score (nSPS) is 22.3. The fraction of sp³-hybridized carbons (Fsp3) is 0.227. The van der Waals surface area contributed by atoms with Gasteiger partial charge >= 0.3 is 6.18 Å². The topological polar surface area (TPSA) is 131 Å². The van der Waals surface area contributed by atoms with E-state index in [-0.39, 0.29) is 11.3 Å². The third kappa shape index (κ3) is 4.45. The minimum atomic E-state index is -4.73. The quantitative estimate of drug-likeness (QED) is 0.539. The van der Waals surface area contributed by atoms with Gasteiger partial charge < -0.3 is 5.32 Å². The third-order valence-corrected chi connectivity index (χ3v) is 7.02. The average molecular weight is 505 g/mol. The van der Waals surface area contributed by atoms with Crippen molar-refractivity contribution in [3.63, 3.8) is 0 Å². The van der Waals surface area contributed by atoms with E-state index in [2.05, 4.69) is 10.7 Å². The maximum Gasteiger partial charge on any atom is 0.406 e. The van der Waals surface area contributed by atoms with Crippen molar-refractivity contribution < 1.29 is 31.2 Å². The van der Waals surface area contributed by atoms with E-state index >= 15 is 0 Å². The van der Waals surface area contributed by atoms with Crippen LogP contribution in [0.3, 0.4) is 0 Å². The van der Waals surface area contributed by atoms with Gasteiger partial charge in [0.25, 0.3) is 21.8 Å². The van der Waals surface area contributed by atoms with Crippen molar-refractivity contribution in [3.8, 4) is 6.07 Å². The Labute approximate surface area is 198 Å². The number of amides is 2. The molecular formula is C22H18F3N5O4S. The molecular weight excluding hydrogens is 487 g/mol. The number of hydrogen-bond acceptors (Lipinski definition) is 7. The average Bonchev–Trinajstić information content (AvgIpc) is 3.19. The zero-order chi connectivity index (χ0) is 25.5. The Balaban J connectivity index is 1.66. The molecule has 2 aromatic rings. The van der Waals surface area contributed by atoms with Gasteiger partial charge in [0.1, 0.15) is 17.8 Å². The van der Waals surface area contributed by atoms with E-state index in [4.69, 9.17) is 5.26 Å². The summed E-state index contributed by atoms with van der Waals surface area (Å²) < 4.78 is 68.6. The van der Waals surface area contributed by atoms with Crippen LogP contribution in [0.4, 0.5) is 13.2 Å². The van der Waals surface area contributed by atoms with E-state index in [9.17, 15) is 31.2 Å². The monoisotopic (exact) mass is 505 g/mol. The van der Waals surface area contributed by atoms with Gasteiger partial charge in [-0.1, -0.05) is 36.4 Å². The number of benzene rings is 2. The number of sulfonamides is 1. The first-order chi connectivity index (χ1) is 16.4. The summed E-state index contributed by atoms with van der Waals surface area (Å²) in [6.07, 6.45) is -5.91. The largest absolute Gasteiger partial charge is 0.406 e. The van der Waals surface area contributed by atoms with Crippen LogP contribution < -0.4 is 15.5 Å². The van der Waals surface area contributed by atoms with Crippen molar-refractivity contribution in [2.24, 2.45) is 0 Å². The van der Waals surface area contributed by atoms with E-state index in [0.717, 1.165) is 12.1 Å². The summed E-state index contributed by atoms with van der Waals surface area (Å²) in [5.41, 5.74) is 1.74. The summed E-state index contributed by atoms with van der Waals surface area (Å²) in [6.45, 7) is 1.30. The molecule has 9 nitrogen and oxygen atoms in total. The highest BCUT2D eigenvalue weighted by Gasteiger charge is 2.58. The van der Waals surface area contributed by atoms with Crippen molar-refractivity contribution in [3.05, 3.63) is 77.0 Å². The number of halogens is 3. The first-order valence-electron chi connectivity index (χ1n) is 10.2. The minimum absolute atomic E-state index is 0.0281. The molecule has 2 aromatic carbocycles. The number of nitrogens with one attached hydrogen (secondary N) is 3. The number of allylic oxidation sites excluding steroid dienone is 1. The summed E-state index contributed by atoms with van der Waals surface area (Å²) in [6, 6.07) is 12.3. The third-order valence-electron chi connectivity index (χ3n) is 5.69. The first kappa shape index (κ1) is 24.2. The van der Waals surface area contributed by atoms with Gasteiger partial charge in [0, 0.05) is 5.70 Å². The number of fused-ring (bicyclic) bond motifs is 1. The molecule has 1 saturated heterocycles. The van der Waals surface area contributed by atoms with Gasteiger partial charge in [0.2, 0.25) is 0 Å². The molecule has 2 aliphatic heterocycles.